The van der Waals surface area contributed by atoms with Crippen molar-refractivity contribution in [1.29, 1.82) is 0 Å². The number of aromatic nitrogens is 2. The summed E-state index contributed by atoms with van der Waals surface area (Å²) in [6.07, 6.45) is 0. The number of ether oxygens (including phenoxy) is 3. The summed E-state index contributed by atoms with van der Waals surface area (Å²) in [5, 5.41) is 8.12. The van der Waals surface area contributed by atoms with Crippen molar-refractivity contribution < 1.29 is 23.8 Å². The molecule has 0 bridgehead atoms. The van der Waals surface area contributed by atoms with Crippen LogP contribution in [0.1, 0.15) is 15.4 Å². The Balaban J connectivity index is 1.27. The van der Waals surface area contributed by atoms with Crippen LogP contribution < -0.4 is 14.8 Å². The number of carbonyl (C=O) groups is 2. The number of rotatable bonds is 5. The standard InChI is InChI=1S/C22H17N3O5S/c1-13-16-10-19(31-21(16)25(24-13)15-5-3-2-4-6-15)22(27)28-11-20(26)23-14-7-8-17-18(9-14)30-12-29-17/h2-10H,11-12H2,1H3,(H,23,26). The average Bonchev–Trinajstić information content (AvgIpc) is 3.49. The molecule has 0 aliphatic carbocycles. The van der Waals surface area contributed by atoms with Crippen LogP contribution in [0.25, 0.3) is 15.9 Å². The number of anilines is 1. The first kappa shape index (κ1) is 19.1. The first-order valence-corrected chi connectivity index (χ1v) is 10.3. The van der Waals surface area contributed by atoms with Crippen molar-refractivity contribution in [2.24, 2.45) is 0 Å². The number of para-hydroxylation sites is 1. The molecule has 4 aromatic rings. The maximum absolute atomic E-state index is 12.5. The Morgan fingerprint density at radius 1 is 1.13 bits per heavy atom. The highest BCUT2D eigenvalue weighted by Gasteiger charge is 2.19. The predicted molar refractivity (Wildman–Crippen MR) is 115 cm³/mol. The van der Waals surface area contributed by atoms with Gasteiger partial charge in [0.05, 0.1) is 11.4 Å². The van der Waals surface area contributed by atoms with Gasteiger partial charge in [-0.1, -0.05) is 18.2 Å². The van der Waals surface area contributed by atoms with E-state index in [1.165, 1.54) is 11.3 Å². The maximum Gasteiger partial charge on any atom is 0.348 e. The van der Waals surface area contributed by atoms with E-state index in [-0.39, 0.29) is 6.79 Å². The number of carbonyl (C=O) groups excluding carboxylic acids is 2. The molecule has 8 nitrogen and oxygen atoms in total. The second-order valence-corrected chi connectivity index (χ2v) is 7.89. The van der Waals surface area contributed by atoms with Crippen molar-refractivity contribution in [3.8, 4) is 17.2 Å². The second-order valence-electron chi connectivity index (χ2n) is 6.85. The molecule has 0 saturated carbocycles. The van der Waals surface area contributed by atoms with Gasteiger partial charge in [-0.15, -0.1) is 11.3 Å². The summed E-state index contributed by atoms with van der Waals surface area (Å²) in [5.41, 5.74) is 2.26. The molecular weight excluding hydrogens is 418 g/mol. The van der Waals surface area contributed by atoms with Crippen molar-refractivity contribution in [3.63, 3.8) is 0 Å². The van der Waals surface area contributed by atoms with Crippen molar-refractivity contribution in [2.45, 2.75) is 6.92 Å². The third kappa shape index (κ3) is 3.71. The van der Waals surface area contributed by atoms with E-state index >= 15 is 0 Å². The number of amides is 1. The molecule has 0 saturated heterocycles. The number of fused-ring (bicyclic) bond motifs is 2. The van der Waals surface area contributed by atoms with Gasteiger partial charge in [0.25, 0.3) is 5.91 Å². The molecule has 156 valence electrons. The molecule has 31 heavy (non-hydrogen) atoms. The highest BCUT2D eigenvalue weighted by molar-refractivity contribution is 7.20. The Kier molecular flexibility index (Phi) is 4.79. The molecule has 0 radical (unpaired) electrons. The van der Waals surface area contributed by atoms with Gasteiger partial charge in [0, 0.05) is 17.1 Å². The quantitative estimate of drug-likeness (QED) is 0.478. The fraction of sp³-hybridized carbons (Fsp3) is 0.136. The summed E-state index contributed by atoms with van der Waals surface area (Å²) in [7, 11) is 0. The van der Waals surface area contributed by atoms with Crippen molar-refractivity contribution in [2.75, 3.05) is 18.7 Å². The van der Waals surface area contributed by atoms with Crippen LogP contribution in [0, 0.1) is 6.92 Å². The molecule has 2 aromatic heterocycles. The Hall–Kier alpha value is -3.85. The van der Waals surface area contributed by atoms with Gasteiger partial charge in [-0.2, -0.15) is 5.10 Å². The van der Waals surface area contributed by atoms with Crippen LogP contribution in [-0.2, 0) is 9.53 Å². The lowest BCUT2D eigenvalue weighted by Gasteiger charge is -2.06. The summed E-state index contributed by atoms with van der Waals surface area (Å²) in [6.45, 7) is 1.65. The second kappa shape index (κ2) is 7.77. The van der Waals surface area contributed by atoms with Crippen LogP contribution in [0.2, 0.25) is 0 Å². The number of aryl methyl sites for hydroxylation is 1. The molecule has 0 atom stereocenters. The molecular formula is C22H17N3O5S. The lowest BCUT2D eigenvalue weighted by molar-refractivity contribution is -0.119. The fourth-order valence-electron chi connectivity index (χ4n) is 3.27. The molecule has 0 unspecified atom stereocenters. The van der Waals surface area contributed by atoms with E-state index < -0.39 is 18.5 Å². The summed E-state index contributed by atoms with van der Waals surface area (Å²) >= 11 is 1.28. The first-order chi connectivity index (χ1) is 15.1. The van der Waals surface area contributed by atoms with Gasteiger partial charge >= 0.3 is 5.97 Å². The van der Waals surface area contributed by atoms with Gasteiger partial charge in [0.2, 0.25) is 6.79 Å². The molecule has 9 heteroatoms. The molecule has 0 spiro atoms. The fourth-order valence-corrected chi connectivity index (χ4v) is 4.34. The van der Waals surface area contributed by atoms with E-state index in [0.29, 0.717) is 22.1 Å². The number of benzene rings is 2. The van der Waals surface area contributed by atoms with Gasteiger partial charge in [-0.3, -0.25) is 4.79 Å². The van der Waals surface area contributed by atoms with Gasteiger partial charge in [-0.25, -0.2) is 9.48 Å². The highest BCUT2D eigenvalue weighted by Crippen LogP contribution is 2.34. The van der Waals surface area contributed by atoms with Crippen LogP contribution in [0.15, 0.2) is 54.6 Å². The molecule has 1 aliphatic rings. The normalized spacial score (nSPS) is 12.2. The minimum absolute atomic E-state index is 0.154. The van der Waals surface area contributed by atoms with Crippen LogP contribution in [0.3, 0.4) is 0 Å². The van der Waals surface area contributed by atoms with E-state index in [2.05, 4.69) is 10.4 Å². The molecule has 3 heterocycles. The van der Waals surface area contributed by atoms with E-state index in [9.17, 15) is 9.59 Å². The van der Waals surface area contributed by atoms with Gasteiger partial charge < -0.3 is 19.5 Å². The SMILES string of the molecule is Cc1nn(-c2ccccc2)c2sc(C(=O)OCC(=O)Nc3ccc4c(c3)OCO4)cc12. The largest absolute Gasteiger partial charge is 0.454 e. The van der Waals surface area contributed by atoms with E-state index in [1.807, 2.05) is 37.3 Å². The predicted octanol–water partition coefficient (Wildman–Crippen LogP) is 3.92. The number of esters is 1. The van der Waals surface area contributed by atoms with Gasteiger partial charge in [0.15, 0.2) is 18.1 Å². The first-order valence-electron chi connectivity index (χ1n) is 9.50. The number of nitrogens with zero attached hydrogens (tertiary/aromatic N) is 2. The highest BCUT2D eigenvalue weighted by atomic mass is 32.1. The zero-order valence-electron chi connectivity index (χ0n) is 16.5. The van der Waals surface area contributed by atoms with E-state index in [1.54, 1.807) is 28.9 Å². The van der Waals surface area contributed by atoms with Crippen molar-refractivity contribution in [3.05, 3.63) is 65.2 Å². The van der Waals surface area contributed by atoms with Crippen LogP contribution in [0.5, 0.6) is 11.5 Å². The number of nitrogens with one attached hydrogen (secondary N) is 1. The van der Waals surface area contributed by atoms with Crippen LogP contribution in [0.4, 0.5) is 5.69 Å². The third-order valence-electron chi connectivity index (χ3n) is 4.74. The van der Waals surface area contributed by atoms with Crippen molar-refractivity contribution in [1.82, 2.24) is 9.78 Å². The Morgan fingerprint density at radius 3 is 2.77 bits per heavy atom. The summed E-state index contributed by atoms with van der Waals surface area (Å²) in [4.78, 5) is 26.0. The average molecular weight is 435 g/mol. The Morgan fingerprint density at radius 2 is 1.94 bits per heavy atom. The number of thiophene rings is 1. The smallest absolute Gasteiger partial charge is 0.348 e. The van der Waals surface area contributed by atoms with Crippen LogP contribution >= 0.6 is 11.3 Å². The van der Waals surface area contributed by atoms with Gasteiger partial charge in [0.1, 0.15) is 9.71 Å². The van der Waals surface area contributed by atoms with Crippen LogP contribution in [-0.4, -0.2) is 35.1 Å². The Labute approximate surface area is 181 Å². The van der Waals surface area contributed by atoms with Gasteiger partial charge in [-0.05, 0) is 37.3 Å². The molecule has 5 rings (SSSR count). The summed E-state index contributed by atoms with van der Waals surface area (Å²) in [6, 6.07) is 16.5. The minimum Gasteiger partial charge on any atom is -0.454 e. The zero-order valence-corrected chi connectivity index (χ0v) is 17.3. The molecule has 1 amide bonds. The van der Waals surface area contributed by atoms with E-state index in [4.69, 9.17) is 14.2 Å². The number of hydrogen-bond donors (Lipinski definition) is 1. The number of hydrogen-bond acceptors (Lipinski definition) is 7. The monoisotopic (exact) mass is 435 g/mol. The molecule has 0 fully saturated rings. The molecule has 1 aliphatic heterocycles. The molecule has 2 aromatic carbocycles. The topological polar surface area (TPSA) is 91.7 Å². The lowest BCUT2D eigenvalue weighted by atomic mass is 10.3. The Bertz CT molecular complexity index is 1300. The summed E-state index contributed by atoms with van der Waals surface area (Å²) < 4.78 is 17.5. The minimum atomic E-state index is -0.555. The molecule has 1 N–H and O–H groups in total. The van der Waals surface area contributed by atoms with Crippen molar-refractivity contribution >= 4 is 39.1 Å². The maximum atomic E-state index is 12.5. The summed E-state index contributed by atoms with van der Waals surface area (Å²) in [5.74, 6) is 0.183. The third-order valence-corrected chi connectivity index (χ3v) is 5.83. The lowest BCUT2D eigenvalue weighted by Crippen LogP contribution is -2.20. The van der Waals surface area contributed by atoms with E-state index in [0.717, 1.165) is 21.6 Å². The zero-order chi connectivity index (χ0) is 21.4.